The first-order valence-corrected chi connectivity index (χ1v) is 8.66. The maximum absolute atomic E-state index is 3.64. The Balaban J connectivity index is 1.46. The summed E-state index contributed by atoms with van der Waals surface area (Å²) in [4.78, 5) is 2.80. The van der Waals surface area contributed by atoms with Crippen molar-refractivity contribution in [1.29, 1.82) is 0 Å². The SMILES string of the molecule is CC1CN(CC23CC4CC(CC(C4)C2)C3)CCCN1. The van der Waals surface area contributed by atoms with Gasteiger partial charge in [0.25, 0.3) is 0 Å². The largest absolute Gasteiger partial charge is 0.313 e. The molecule has 4 bridgehead atoms. The zero-order valence-electron chi connectivity index (χ0n) is 12.5. The molecule has 1 saturated heterocycles. The van der Waals surface area contributed by atoms with Gasteiger partial charge < -0.3 is 10.2 Å². The van der Waals surface area contributed by atoms with Gasteiger partial charge in [-0.25, -0.2) is 0 Å². The van der Waals surface area contributed by atoms with Gasteiger partial charge in [0.05, 0.1) is 0 Å². The van der Waals surface area contributed by atoms with Gasteiger partial charge in [0.15, 0.2) is 0 Å². The summed E-state index contributed by atoms with van der Waals surface area (Å²) < 4.78 is 0. The first-order valence-electron chi connectivity index (χ1n) is 8.66. The Morgan fingerprint density at radius 1 is 1.05 bits per heavy atom. The van der Waals surface area contributed by atoms with Gasteiger partial charge in [0, 0.05) is 19.1 Å². The fourth-order valence-electron chi connectivity index (χ4n) is 6.30. The normalized spacial score (nSPS) is 50.4. The van der Waals surface area contributed by atoms with Crippen LogP contribution in [0.25, 0.3) is 0 Å². The van der Waals surface area contributed by atoms with Gasteiger partial charge in [-0.15, -0.1) is 0 Å². The lowest BCUT2D eigenvalue weighted by molar-refractivity contribution is -0.0690. The van der Waals surface area contributed by atoms with Crippen molar-refractivity contribution in [2.75, 3.05) is 26.2 Å². The zero-order valence-corrected chi connectivity index (χ0v) is 12.5. The van der Waals surface area contributed by atoms with Crippen LogP contribution in [0.15, 0.2) is 0 Å². The summed E-state index contributed by atoms with van der Waals surface area (Å²) in [7, 11) is 0. The quantitative estimate of drug-likeness (QED) is 0.823. The fraction of sp³-hybridized carbons (Fsp3) is 1.00. The molecule has 0 spiro atoms. The van der Waals surface area contributed by atoms with Crippen molar-refractivity contribution in [3.63, 3.8) is 0 Å². The van der Waals surface area contributed by atoms with Crippen LogP contribution in [0.5, 0.6) is 0 Å². The highest BCUT2D eigenvalue weighted by molar-refractivity contribution is 5.02. The van der Waals surface area contributed by atoms with Gasteiger partial charge in [0.2, 0.25) is 0 Å². The Hall–Kier alpha value is -0.0800. The van der Waals surface area contributed by atoms with E-state index in [2.05, 4.69) is 17.1 Å². The summed E-state index contributed by atoms with van der Waals surface area (Å²) >= 11 is 0. The average Bonchev–Trinajstić information content (AvgIpc) is 2.51. The second kappa shape index (κ2) is 4.73. The van der Waals surface area contributed by atoms with Gasteiger partial charge in [0.1, 0.15) is 0 Å². The summed E-state index contributed by atoms with van der Waals surface area (Å²) in [6.45, 7) is 7.61. The van der Waals surface area contributed by atoms with E-state index in [1.807, 2.05) is 0 Å². The molecule has 108 valence electrons. The molecule has 4 aliphatic carbocycles. The van der Waals surface area contributed by atoms with E-state index in [-0.39, 0.29) is 0 Å². The van der Waals surface area contributed by atoms with E-state index in [9.17, 15) is 0 Å². The monoisotopic (exact) mass is 262 g/mol. The average molecular weight is 262 g/mol. The van der Waals surface area contributed by atoms with Crippen LogP contribution in [-0.2, 0) is 0 Å². The molecule has 2 heteroatoms. The molecule has 5 fully saturated rings. The first kappa shape index (κ1) is 12.6. The molecule has 1 unspecified atom stereocenters. The number of nitrogens with zero attached hydrogens (tertiary/aromatic N) is 1. The van der Waals surface area contributed by atoms with Gasteiger partial charge in [-0.3, -0.25) is 0 Å². The highest BCUT2D eigenvalue weighted by atomic mass is 15.2. The molecule has 0 aromatic carbocycles. The van der Waals surface area contributed by atoms with Crippen LogP contribution >= 0.6 is 0 Å². The lowest BCUT2D eigenvalue weighted by Gasteiger charge is -2.58. The molecule has 0 radical (unpaired) electrons. The molecule has 1 aliphatic heterocycles. The van der Waals surface area contributed by atoms with E-state index in [0.717, 1.165) is 23.2 Å². The molecule has 4 saturated carbocycles. The van der Waals surface area contributed by atoms with Crippen LogP contribution in [0, 0.1) is 23.2 Å². The second-order valence-electron chi connectivity index (χ2n) is 8.36. The number of nitrogens with one attached hydrogen (secondary N) is 1. The van der Waals surface area contributed by atoms with E-state index in [1.54, 1.807) is 38.5 Å². The van der Waals surface area contributed by atoms with Crippen molar-refractivity contribution in [2.24, 2.45) is 23.2 Å². The van der Waals surface area contributed by atoms with Gasteiger partial charge in [-0.2, -0.15) is 0 Å². The van der Waals surface area contributed by atoms with E-state index >= 15 is 0 Å². The molecule has 5 rings (SSSR count). The number of rotatable bonds is 2. The number of hydrogen-bond donors (Lipinski definition) is 1. The van der Waals surface area contributed by atoms with E-state index in [1.165, 1.54) is 32.6 Å². The van der Waals surface area contributed by atoms with E-state index in [4.69, 9.17) is 0 Å². The predicted octanol–water partition coefficient (Wildman–Crippen LogP) is 2.89. The predicted molar refractivity (Wildman–Crippen MR) is 79.1 cm³/mol. The van der Waals surface area contributed by atoms with Gasteiger partial charge in [-0.1, -0.05) is 0 Å². The fourth-order valence-corrected chi connectivity index (χ4v) is 6.30. The smallest absolute Gasteiger partial charge is 0.0166 e. The van der Waals surface area contributed by atoms with Crippen molar-refractivity contribution in [1.82, 2.24) is 10.2 Å². The topological polar surface area (TPSA) is 15.3 Å². The summed E-state index contributed by atoms with van der Waals surface area (Å²) in [5, 5.41) is 3.64. The summed E-state index contributed by atoms with van der Waals surface area (Å²) in [6.07, 6.45) is 10.8. The molecule has 1 N–H and O–H groups in total. The maximum atomic E-state index is 3.64. The van der Waals surface area contributed by atoms with Gasteiger partial charge >= 0.3 is 0 Å². The molecular weight excluding hydrogens is 232 g/mol. The van der Waals surface area contributed by atoms with Crippen LogP contribution < -0.4 is 5.32 Å². The van der Waals surface area contributed by atoms with Gasteiger partial charge in [-0.05, 0) is 88.1 Å². The summed E-state index contributed by atoms with van der Waals surface area (Å²) in [6, 6.07) is 0.691. The number of hydrogen-bond acceptors (Lipinski definition) is 2. The molecule has 0 aromatic rings. The van der Waals surface area contributed by atoms with E-state index in [0.29, 0.717) is 6.04 Å². The summed E-state index contributed by atoms with van der Waals surface area (Å²) in [5.41, 5.74) is 0.735. The standard InChI is InChI=1S/C17H30N2/c1-13-11-19(4-2-3-18-13)12-17-8-14-5-15(9-17)7-16(6-14)10-17/h13-16,18H,2-12H2,1H3. The maximum Gasteiger partial charge on any atom is 0.0166 e. The highest BCUT2D eigenvalue weighted by Gasteiger charge is 2.51. The van der Waals surface area contributed by atoms with Crippen LogP contribution in [-0.4, -0.2) is 37.1 Å². The molecular formula is C17H30N2. The lowest BCUT2D eigenvalue weighted by Crippen LogP contribution is -2.52. The molecule has 1 atom stereocenters. The minimum atomic E-state index is 0.691. The third kappa shape index (κ3) is 2.47. The Morgan fingerprint density at radius 3 is 2.32 bits per heavy atom. The van der Waals surface area contributed by atoms with Crippen LogP contribution in [0.3, 0.4) is 0 Å². The van der Waals surface area contributed by atoms with Crippen molar-refractivity contribution in [2.45, 2.75) is 57.9 Å². The van der Waals surface area contributed by atoms with Crippen molar-refractivity contribution in [3.05, 3.63) is 0 Å². The molecule has 1 heterocycles. The molecule has 0 amide bonds. The van der Waals surface area contributed by atoms with Crippen molar-refractivity contribution in [3.8, 4) is 0 Å². The third-order valence-electron chi connectivity index (χ3n) is 6.40. The van der Waals surface area contributed by atoms with Crippen LogP contribution in [0.1, 0.15) is 51.9 Å². The Labute approximate surface area is 118 Å². The molecule has 5 aliphatic rings. The summed E-state index contributed by atoms with van der Waals surface area (Å²) in [5.74, 6) is 3.32. The lowest BCUT2D eigenvalue weighted by atomic mass is 9.49. The highest BCUT2D eigenvalue weighted by Crippen LogP contribution is 2.60. The molecule has 2 nitrogen and oxygen atoms in total. The minimum absolute atomic E-state index is 0.691. The minimum Gasteiger partial charge on any atom is -0.313 e. The van der Waals surface area contributed by atoms with Crippen molar-refractivity contribution < 1.29 is 0 Å². The first-order chi connectivity index (χ1) is 9.21. The van der Waals surface area contributed by atoms with E-state index < -0.39 is 0 Å². The second-order valence-corrected chi connectivity index (χ2v) is 8.36. The molecule has 19 heavy (non-hydrogen) atoms. The third-order valence-corrected chi connectivity index (χ3v) is 6.40. The Morgan fingerprint density at radius 2 is 1.68 bits per heavy atom. The Bertz CT molecular complexity index is 303. The molecule has 0 aromatic heterocycles. The Kier molecular flexibility index (Phi) is 3.15. The van der Waals surface area contributed by atoms with Crippen molar-refractivity contribution >= 4 is 0 Å². The van der Waals surface area contributed by atoms with Crippen LogP contribution in [0.4, 0.5) is 0 Å². The van der Waals surface area contributed by atoms with Crippen LogP contribution in [0.2, 0.25) is 0 Å². The zero-order chi connectivity index (χ0) is 12.9.